The van der Waals surface area contributed by atoms with Crippen molar-refractivity contribution in [2.45, 2.75) is 28.7 Å². The lowest BCUT2D eigenvalue weighted by atomic mass is 10.2. The Kier molecular flexibility index (Phi) is 3.50. The number of nitrogens with zero attached hydrogens (tertiary/aromatic N) is 1. The number of benzene rings is 1. The maximum atomic E-state index is 13.3. The summed E-state index contributed by atoms with van der Waals surface area (Å²) in [6.07, 6.45) is 2.02. The number of hydrogen-bond donors (Lipinski definition) is 2. The fourth-order valence-corrected chi connectivity index (χ4v) is 2.77. The zero-order chi connectivity index (χ0) is 15.0. The number of aromatic carboxylic acids is 1. The standard InChI is InChI=1S/C14H11FN2O3S/c15-10-4-3-8(5-9(10)14(19)20)21-12-6-11(18)16-13(17-12)7-1-2-7/h3-7H,1-2H2,(H,19,20)(H,16,17,18). The fraction of sp³-hybridized carbons (Fsp3) is 0.214. The molecule has 5 nitrogen and oxygen atoms in total. The molecule has 7 heteroatoms. The number of aromatic amines is 1. The molecule has 0 unspecified atom stereocenters. The lowest BCUT2D eigenvalue weighted by Crippen LogP contribution is -2.10. The van der Waals surface area contributed by atoms with E-state index in [4.69, 9.17) is 5.11 Å². The molecule has 0 spiro atoms. The van der Waals surface area contributed by atoms with Crippen LogP contribution in [0.1, 0.15) is 34.9 Å². The maximum Gasteiger partial charge on any atom is 0.338 e. The van der Waals surface area contributed by atoms with E-state index >= 15 is 0 Å². The third kappa shape index (κ3) is 3.13. The molecule has 2 N–H and O–H groups in total. The van der Waals surface area contributed by atoms with Crippen LogP contribution in [0.4, 0.5) is 4.39 Å². The molecular weight excluding hydrogens is 295 g/mol. The number of H-pyrrole nitrogens is 1. The van der Waals surface area contributed by atoms with Gasteiger partial charge in [-0.25, -0.2) is 14.2 Å². The molecule has 0 saturated heterocycles. The summed E-state index contributed by atoms with van der Waals surface area (Å²) in [5.74, 6) is -1.15. The quantitative estimate of drug-likeness (QED) is 0.848. The second-order valence-corrected chi connectivity index (χ2v) is 5.89. The Balaban J connectivity index is 1.91. The van der Waals surface area contributed by atoms with Gasteiger partial charge in [-0.2, -0.15) is 0 Å². The highest BCUT2D eigenvalue weighted by Crippen LogP contribution is 2.38. The van der Waals surface area contributed by atoms with E-state index in [1.54, 1.807) is 0 Å². The molecule has 1 heterocycles. The van der Waals surface area contributed by atoms with Gasteiger partial charge in [-0.15, -0.1) is 0 Å². The average Bonchev–Trinajstić information content (AvgIpc) is 3.24. The van der Waals surface area contributed by atoms with Gasteiger partial charge in [-0.1, -0.05) is 11.8 Å². The first-order valence-electron chi connectivity index (χ1n) is 6.35. The second kappa shape index (κ2) is 5.33. The smallest absolute Gasteiger partial charge is 0.338 e. The van der Waals surface area contributed by atoms with Crippen LogP contribution < -0.4 is 5.56 Å². The predicted octanol–water partition coefficient (Wildman–Crippen LogP) is 2.64. The number of hydrogen-bond acceptors (Lipinski definition) is 4. The van der Waals surface area contributed by atoms with Crippen molar-refractivity contribution in [3.63, 3.8) is 0 Å². The molecule has 108 valence electrons. The number of carbonyl (C=O) groups is 1. The number of rotatable bonds is 4. The summed E-state index contributed by atoms with van der Waals surface area (Å²) in [6, 6.07) is 5.15. The topological polar surface area (TPSA) is 83.0 Å². The highest BCUT2D eigenvalue weighted by molar-refractivity contribution is 7.99. The molecule has 1 aliphatic rings. The Morgan fingerprint density at radius 1 is 1.38 bits per heavy atom. The summed E-state index contributed by atoms with van der Waals surface area (Å²) in [6.45, 7) is 0. The van der Waals surface area contributed by atoms with Gasteiger partial charge >= 0.3 is 5.97 Å². The SMILES string of the molecule is O=C(O)c1cc(Sc2cc(=O)[nH]c(C3CC3)n2)ccc1F. The van der Waals surface area contributed by atoms with Gasteiger partial charge in [-0.05, 0) is 31.0 Å². The number of nitrogens with one attached hydrogen (secondary N) is 1. The third-order valence-corrected chi connectivity index (χ3v) is 4.00. The lowest BCUT2D eigenvalue weighted by molar-refractivity contribution is 0.0691. The molecule has 1 aromatic carbocycles. The summed E-state index contributed by atoms with van der Waals surface area (Å²) in [4.78, 5) is 30.1. The van der Waals surface area contributed by atoms with Gasteiger partial charge in [0.1, 0.15) is 16.7 Å². The van der Waals surface area contributed by atoms with Gasteiger partial charge in [0.25, 0.3) is 5.56 Å². The highest BCUT2D eigenvalue weighted by Gasteiger charge is 2.26. The normalized spacial score (nSPS) is 14.1. The van der Waals surface area contributed by atoms with E-state index in [9.17, 15) is 14.0 Å². The van der Waals surface area contributed by atoms with Crippen molar-refractivity contribution in [3.05, 3.63) is 51.8 Å². The number of carboxylic acids is 1. The minimum Gasteiger partial charge on any atom is -0.478 e. The van der Waals surface area contributed by atoms with Crippen molar-refractivity contribution >= 4 is 17.7 Å². The highest BCUT2D eigenvalue weighted by atomic mass is 32.2. The first-order chi connectivity index (χ1) is 10.0. The number of aromatic nitrogens is 2. The molecular formula is C14H11FN2O3S. The van der Waals surface area contributed by atoms with Gasteiger partial charge in [0.05, 0.1) is 5.56 Å². The van der Waals surface area contributed by atoms with Gasteiger partial charge in [0, 0.05) is 16.9 Å². The molecule has 2 aromatic rings. The Morgan fingerprint density at radius 2 is 2.14 bits per heavy atom. The predicted molar refractivity (Wildman–Crippen MR) is 74.3 cm³/mol. The molecule has 1 aromatic heterocycles. The van der Waals surface area contributed by atoms with Crippen molar-refractivity contribution in [1.29, 1.82) is 0 Å². The van der Waals surface area contributed by atoms with Crippen molar-refractivity contribution < 1.29 is 14.3 Å². The second-order valence-electron chi connectivity index (χ2n) is 4.79. The van der Waals surface area contributed by atoms with E-state index < -0.39 is 17.3 Å². The Labute approximate surface area is 123 Å². The Bertz CT molecular complexity index is 771. The van der Waals surface area contributed by atoms with Crippen LogP contribution in [-0.4, -0.2) is 21.0 Å². The summed E-state index contributed by atoms with van der Waals surface area (Å²) < 4.78 is 13.3. The molecule has 1 aliphatic carbocycles. The summed E-state index contributed by atoms with van der Waals surface area (Å²) >= 11 is 1.14. The van der Waals surface area contributed by atoms with Crippen molar-refractivity contribution in [2.24, 2.45) is 0 Å². The minimum atomic E-state index is -1.33. The Hall–Kier alpha value is -2.15. The summed E-state index contributed by atoms with van der Waals surface area (Å²) in [7, 11) is 0. The third-order valence-electron chi connectivity index (χ3n) is 3.09. The van der Waals surface area contributed by atoms with E-state index in [0.29, 0.717) is 21.7 Å². The Morgan fingerprint density at radius 3 is 2.81 bits per heavy atom. The molecule has 1 fully saturated rings. The van der Waals surface area contributed by atoms with E-state index in [1.807, 2.05) is 0 Å². The van der Waals surface area contributed by atoms with Gasteiger partial charge in [0.2, 0.25) is 0 Å². The van der Waals surface area contributed by atoms with Crippen LogP contribution >= 0.6 is 11.8 Å². The molecule has 0 radical (unpaired) electrons. The van der Waals surface area contributed by atoms with E-state index in [2.05, 4.69) is 9.97 Å². The van der Waals surface area contributed by atoms with E-state index in [0.717, 1.165) is 30.7 Å². The summed E-state index contributed by atoms with van der Waals surface area (Å²) in [5.41, 5.74) is -0.637. The maximum absolute atomic E-state index is 13.3. The van der Waals surface area contributed by atoms with E-state index in [1.165, 1.54) is 18.2 Å². The van der Waals surface area contributed by atoms with Crippen molar-refractivity contribution in [1.82, 2.24) is 9.97 Å². The zero-order valence-corrected chi connectivity index (χ0v) is 11.6. The van der Waals surface area contributed by atoms with Crippen molar-refractivity contribution in [2.75, 3.05) is 0 Å². The monoisotopic (exact) mass is 306 g/mol. The van der Waals surface area contributed by atoms with Gasteiger partial charge in [0.15, 0.2) is 0 Å². The number of carboxylic acid groups (broad SMARTS) is 1. The van der Waals surface area contributed by atoms with Crippen LogP contribution in [0.3, 0.4) is 0 Å². The van der Waals surface area contributed by atoms with Crippen LogP contribution in [0.15, 0.2) is 39.0 Å². The first-order valence-corrected chi connectivity index (χ1v) is 7.16. The number of halogens is 1. The van der Waals surface area contributed by atoms with Crippen LogP contribution in [0, 0.1) is 5.82 Å². The fourth-order valence-electron chi connectivity index (χ4n) is 1.91. The van der Waals surface area contributed by atoms with Crippen LogP contribution in [0.25, 0.3) is 0 Å². The molecule has 0 amide bonds. The first kappa shape index (κ1) is 13.8. The van der Waals surface area contributed by atoms with Crippen molar-refractivity contribution in [3.8, 4) is 0 Å². The molecule has 0 aliphatic heterocycles. The van der Waals surface area contributed by atoms with Crippen LogP contribution in [0.5, 0.6) is 0 Å². The van der Waals surface area contributed by atoms with E-state index in [-0.39, 0.29) is 5.56 Å². The minimum absolute atomic E-state index is 0.241. The van der Waals surface area contributed by atoms with Gasteiger partial charge in [-0.3, -0.25) is 4.79 Å². The zero-order valence-electron chi connectivity index (χ0n) is 10.8. The van der Waals surface area contributed by atoms with Crippen LogP contribution in [0.2, 0.25) is 0 Å². The molecule has 0 bridgehead atoms. The molecule has 21 heavy (non-hydrogen) atoms. The molecule has 0 atom stereocenters. The molecule has 3 rings (SSSR count). The average molecular weight is 306 g/mol. The summed E-state index contributed by atoms with van der Waals surface area (Å²) in [5, 5.41) is 9.38. The lowest BCUT2D eigenvalue weighted by Gasteiger charge is -2.05. The van der Waals surface area contributed by atoms with Gasteiger partial charge < -0.3 is 10.1 Å². The molecule has 1 saturated carbocycles. The largest absolute Gasteiger partial charge is 0.478 e. The van der Waals surface area contributed by atoms with Crippen LogP contribution in [-0.2, 0) is 0 Å².